The summed E-state index contributed by atoms with van der Waals surface area (Å²) in [5, 5.41) is 4.99. The van der Waals surface area contributed by atoms with Crippen molar-refractivity contribution in [2.24, 2.45) is 0 Å². The Morgan fingerprint density at radius 1 is 0.261 bits per heavy atom. The molecule has 3 aliphatic carbocycles. The van der Waals surface area contributed by atoms with Crippen LogP contribution >= 0.6 is 0 Å². The molecule has 0 unspecified atom stereocenters. The van der Waals surface area contributed by atoms with Crippen molar-refractivity contribution in [2.45, 2.75) is 76.5 Å². The number of benzene rings is 13. The Balaban J connectivity index is 0.000000148. The Kier molecular flexibility index (Phi) is 14.1. The van der Waals surface area contributed by atoms with Crippen molar-refractivity contribution in [3.63, 3.8) is 0 Å². The minimum absolute atomic E-state index is 0.0317. The van der Waals surface area contributed by atoms with Crippen molar-refractivity contribution in [1.82, 2.24) is 0 Å². The summed E-state index contributed by atoms with van der Waals surface area (Å²) in [5.41, 5.74) is 26.7. The van der Waals surface area contributed by atoms with Crippen LogP contribution in [0, 0.1) is 0 Å². The van der Waals surface area contributed by atoms with Gasteiger partial charge in [-0.1, -0.05) is 271 Å². The number of rotatable bonds is 10. The third-order valence-corrected chi connectivity index (χ3v) is 19.5. The van der Waals surface area contributed by atoms with E-state index in [1.165, 1.54) is 148 Å². The maximum absolute atomic E-state index is 2.42. The van der Waals surface area contributed by atoms with Crippen LogP contribution in [0.5, 0.6) is 0 Å². The van der Waals surface area contributed by atoms with Gasteiger partial charge in [-0.3, -0.25) is 0 Å². The summed E-state index contributed by atoms with van der Waals surface area (Å²) < 4.78 is 0. The molecule has 0 radical (unpaired) electrons. The Morgan fingerprint density at radius 3 is 1.34 bits per heavy atom. The largest absolute Gasteiger partial charge is 0.310 e. The monoisotopic (exact) mass is 1130 g/mol. The molecule has 2 nitrogen and oxygen atoms in total. The molecule has 0 bridgehead atoms. The molecule has 0 amide bonds. The highest BCUT2D eigenvalue weighted by molar-refractivity contribution is 6.01. The van der Waals surface area contributed by atoms with Crippen LogP contribution in [-0.2, 0) is 10.8 Å². The molecule has 0 aromatic heterocycles. The normalized spacial score (nSPS) is 14.3. The molecule has 1 saturated carbocycles. The van der Waals surface area contributed by atoms with E-state index in [1.807, 2.05) is 0 Å². The van der Waals surface area contributed by atoms with Crippen molar-refractivity contribution in [3.05, 3.63) is 325 Å². The van der Waals surface area contributed by atoms with Crippen molar-refractivity contribution in [3.8, 4) is 55.6 Å². The van der Waals surface area contributed by atoms with Crippen LogP contribution in [0.1, 0.15) is 93.5 Å². The number of hydrogen-bond acceptors (Lipinski definition) is 2. The first kappa shape index (κ1) is 54.6. The van der Waals surface area contributed by atoms with Gasteiger partial charge < -0.3 is 9.80 Å². The van der Waals surface area contributed by atoms with E-state index in [-0.39, 0.29) is 10.8 Å². The topological polar surface area (TPSA) is 6.48 Å². The summed E-state index contributed by atoms with van der Waals surface area (Å²) in [6, 6.07) is 110. The highest BCUT2D eigenvalue weighted by Crippen LogP contribution is 2.53. The van der Waals surface area contributed by atoms with E-state index < -0.39 is 0 Å². The second kappa shape index (κ2) is 22.7. The third-order valence-electron chi connectivity index (χ3n) is 19.5. The molecule has 0 spiro atoms. The van der Waals surface area contributed by atoms with E-state index >= 15 is 0 Å². The van der Waals surface area contributed by atoms with Gasteiger partial charge in [0.15, 0.2) is 0 Å². The minimum atomic E-state index is -0.0510. The molecule has 0 N–H and O–H groups in total. The van der Waals surface area contributed by atoms with Gasteiger partial charge in [-0.25, -0.2) is 0 Å². The lowest BCUT2D eigenvalue weighted by atomic mass is 9.82. The zero-order valence-corrected chi connectivity index (χ0v) is 50.8. The summed E-state index contributed by atoms with van der Waals surface area (Å²) in [7, 11) is 0. The van der Waals surface area contributed by atoms with E-state index in [2.05, 4.69) is 335 Å². The van der Waals surface area contributed by atoms with Crippen LogP contribution < -0.4 is 9.80 Å². The Labute approximate surface area is 519 Å². The summed E-state index contributed by atoms with van der Waals surface area (Å²) in [6.07, 6.45) is 6.82. The maximum Gasteiger partial charge on any atom is 0.0474 e. The number of fused-ring (bicyclic) bond motifs is 8. The molecule has 88 heavy (non-hydrogen) atoms. The lowest BCUT2D eigenvalue weighted by Gasteiger charge is -2.28. The highest BCUT2D eigenvalue weighted by atomic mass is 15.1. The van der Waals surface area contributed by atoms with Crippen molar-refractivity contribution in [2.75, 3.05) is 9.80 Å². The van der Waals surface area contributed by atoms with E-state index in [0.717, 1.165) is 28.7 Å². The average Bonchev–Trinajstić information content (AvgIpc) is 2.13. The lowest BCUT2D eigenvalue weighted by Crippen LogP contribution is -2.16. The van der Waals surface area contributed by atoms with Crippen molar-refractivity contribution >= 4 is 55.7 Å². The Morgan fingerprint density at radius 2 is 0.682 bits per heavy atom. The predicted octanol–water partition coefficient (Wildman–Crippen LogP) is 24.3. The molecule has 1 fully saturated rings. The molecule has 16 rings (SSSR count). The van der Waals surface area contributed by atoms with Gasteiger partial charge in [-0.2, -0.15) is 0 Å². The van der Waals surface area contributed by atoms with Gasteiger partial charge >= 0.3 is 0 Å². The zero-order valence-electron chi connectivity index (χ0n) is 50.8. The molecule has 0 heterocycles. The smallest absolute Gasteiger partial charge is 0.0474 e. The quantitative estimate of drug-likeness (QED) is 0.135. The summed E-state index contributed by atoms with van der Waals surface area (Å²) in [6.45, 7) is 9.39. The Hall–Kier alpha value is -10.0. The van der Waals surface area contributed by atoms with Crippen LogP contribution in [0.2, 0.25) is 0 Å². The number of hydrogen-bond donors (Lipinski definition) is 0. The number of nitrogens with zero attached hydrogens (tertiary/aromatic N) is 2. The van der Waals surface area contributed by atoms with Crippen LogP contribution in [0.4, 0.5) is 34.1 Å². The zero-order chi connectivity index (χ0) is 59.3. The summed E-state index contributed by atoms with van der Waals surface area (Å²) in [4.78, 5) is 4.84. The van der Waals surface area contributed by atoms with E-state index in [0.29, 0.717) is 0 Å². The van der Waals surface area contributed by atoms with Gasteiger partial charge in [-0.05, 0) is 197 Å². The molecule has 13 aromatic rings. The molecule has 426 valence electrons. The van der Waals surface area contributed by atoms with Gasteiger partial charge in [0, 0.05) is 45.0 Å². The van der Waals surface area contributed by atoms with E-state index in [1.54, 1.807) is 0 Å². The van der Waals surface area contributed by atoms with Gasteiger partial charge in [0.1, 0.15) is 0 Å². The van der Waals surface area contributed by atoms with Crippen molar-refractivity contribution in [1.29, 1.82) is 0 Å². The van der Waals surface area contributed by atoms with Crippen LogP contribution in [0.15, 0.2) is 297 Å². The lowest BCUT2D eigenvalue weighted by molar-refractivity contribution is 0.443. The second-order valence-corrected chi connectivity index (χ2v) is 25.5. The van der Waals surface area contributed by atoms with E-state index in [9.17, 15) is 0 Å². The molecular weight excluding hydrogens is 1060 g/mol. The van der Waals surface area contributed by atoms with Gasteiger partial charge in [0.2, 0.25) is 0 Å². The summed E-state index contributed by atoms with van der Waals surface area (Å²) in [5.74, 6) is 0.737. The van der Waals surface area contributed by atoms with Crippen LogP contribution in [-0.4, -0.2) is 0 Å². The Bertz CT molecular complexity index is 4680. The fourth-order valence-electron chi connectivity index (χ4n) is 14.8. The first-order valence-corrected chi connectivity index (χ1v) is 31.7. The second-order valence-electron chi connectivity index (χ2n) is 25.5. The van der Waals surface area contributed by atoms with Gasteiger partial charge in [-0.15, -0.1) is 0 Å². The number of anilines is 6. The molecule has 13 aromatic carbocycles. The maximum atomic E-state index is 2.42. The molecule has 0 aliphatic heterocycles. The van der Waals surface area contributed by atoms with Crippen LogP contribution in [0.25, 0.3) is 77.2 Å². The molecular formula is C86H72N2. The fourth-order valence-corrected chi connectivity index (χ4v) is 14.8. The highest BCUT2D eigenvalue weighted by Gasteiger charge is 2.37. The molecule has 3 aliphatic rings. The van der Waals surface area contributed by atoms with Crippen molar-refractivity contribution < 1.29 is 0 Å². The fraction of sp³-hybridized carbons (Fsp3) is 0.140. The van der Waals surface area contributed by atoms with E-state index in [4.69, 9.17) is 0 Å². The first-order chi connectivity index (χ1) is 43.1. The third kappa shape index (κ3) is 9.97. The standard InChI is InChI=1S/C43H33N.C43H39N/c1-43(2)41-20-12-11-19-38(41)40-28-35(25-26-42(40)43)44(34-23-21-31(22-24-34)30-13-5-3-6-14-30)36-27-33-17-9-10-18-37(33)39(29-36)32-15-7-4-8-16-32;1-43(2)41-15-9-8-14-39(41)40-27-26-38(29-42(40)43)44(37-25-22-31-12-6-7-13-35(31)28-37)36-23-20-34(21-24-36)33-18-16-32(17-19-33)30-10-4-3-5-11-30/h3-29H,1-2H3;6-9,12-30H,3-5,10-11H2,1-2H3. The molecule has 0 saturated heterocycles. The van der Waals surface area contributed by atoms with Gasteiger partial charge in [0.05, 0.1) is 0 Å². The molecule has 0 atom stereocenters. The minimum Gasteiger partial charge on any atom is -0.310 e. The first-order valence-electron chi connectivity index (χ1n) is 31.7. The van der Waals surface area contributed by atoms with Crippen LogP contribution in [0.3, 0.4) is 0 Å². The SMILES string of the molecule is CC1(C)c2ccccc2-c2cc(N(c3ccc(-c4ccccc4)cc3)c3cc(-c4ccccc4)c4ccccc4c3)ccc21.CC1(C)c2ccccc2-c2ccc(N(c3ccc(-c4ccc(C5CCCCC5)cc4)cc3)c3ccc4ccccc4c3)cc21. The summed E-state index contributed by atoms with van der Waals surface area (Å²) >= 11 is 0. The predicted molar refractivity (Wildman–Crippen MR) is 375 cm³/mol. The molecule has 2 heteroatoms. The average molecular weight is 1130 g/mol. The van der Waals surface area contributed by atoms with Gasteiger partial charge in [0.25, 0.3) is 0 Å².